The van der Waals surface area contributed by atoms with E-state index in [1.54, 1.807) is 18.4 Å². The molecular weight excluding hydrogens is 222 g/mol. The molecule has 0 saturated carbocycles. The lowest BCUT2D eigenvalue weighted by Gasteiger charge is -2.13. The fourth-order valence-corrected chi connectivity index (χ4v) is 3.10. The second kappa shape index (κ2) is 5.12. The van der Waals surface area contributed by atoms with Gasteiger partial charge in [0.15, 0.2) is 5.13 Å². The van der Waals surface area contributed by atoms with Gasteiger partial charge in [0.1, 0.15) is 0 Å². The van der Waals surface area contributed by atoms with Crippen LogP contribution in [-0.2, 0) is 17.7 Å². The van der Waals surface area contributed by atoms with E-state index in [1.165, 1.54) is 4.88 Å². The number of anilines is 1. The largest absolute Gasteiger partial charge is 0.380 e. The number of hydrogen-bond donors (Lipinski definition) is 1. The van der Waals surface area contributed by atoms with Crippen LogP contribution in [0, 0.1) is 0 Å². The van der Waals surface area contributed by atoms with E-state index in [2.05, 4.69) is 16.8 Å². The first-order valence-electron chi connectivity index (χ1n) is 5.74. The third kappa shape index (κ3) is 2.21. The van der Waals surface area contributed by atoms with Crippen molar-refractivity contribution in [3.63, 3.8) is 0 Å². The van der Waals surface area contributed by atoms with Gasteiger partial charge in [-0.1, -0.05) is 6.92 Å². The molecule has 1 aromatic heterocycles. The summed E-state index contributed by atoms with van der Waals surface area (Å²) in [4.78, 5) is 8.18. The minimum atomic E-state index is 0.357. The van der Waals surface area contributed by atoms with Gasteiger partial charge in [0.25, 0.3) is 0 Å². The topological polar surface area (TPSA) is 51.4 Å². The molecule has 1 fully saturated rings. The van der Waals surface area contributed by atoms with Gasteiger partial charge in [-0.2, -0.15) is 0 Å². The summed E-state index contributed by atoms with van der Waals surface area (Å²) in [6, 6.07) is 0. The van der Waals surface area contributed by atoms with E-state index < -0.39 is 0 Å². The molecule has 0 bridgehead atoms. The van der Waals surface area contributed by atoms with Gasteiger partial charge in [0.2, 0.25) is 0 Å². The van der Waals surface area contributed by atoms with Crippen molar-refractivity contribution < 1.29 is 4.74 Å². The highest BCUT2D eigenvalue weighted by Gasteiger charge is 2.25. The van der Waals surface area contributed by atoms with Crippen LogP contribution in [0.4, 0.5) is 5.13 Å². The Morgan fingerprint density at radius 2 is 2.44 bits per heavy atom. The number of methoxy groups -OCH3 is 1. The Morgan fingerprint density at radius 3 is 2.94 bits per heavy atom. The van der Waals surface area contributed by atoms with Gasteiger partial charge < -0.3 is 15.4 Å². The Morgan fingerprint density at radius 1 is 1.62 bits per heavy atom. The second-order valence-corrected chi connectivity index (χ2v) is 5.08. The van der Waals surface area contributed by atoms with Crippen molar-refractivity contribution in [3.05, 3.63) is 10.6 Å². The monoisotopic (exact) mass is 241 g/mol. The molecule has 0 amide bonds. The first-order valence-corrected chi connectivity index (χ1v) is 6.56. The first kappa shape index (κ1) is 11.8. The second-order valence-electron chi connectivity index (χ2n) is 4.02. The number of nitrogens with zero attached hydrogens (tertiary/aromatic N) is 2. The van der Waals surface area contributed by atoms with Crippen LogP contribution in [-0.4, -0.2) is 31.3 Å². The van der Waals surface area contributed by atoms with E-state index in [4.69, 9.17) is 10.5 Å². The Bertz CT molecular complexity index is 331. The normalized spacial score (nSPS) is 20.7. The number of hydrogen-bond acceptors (Lipinski definition) is 5. The summed E-state index contributed by atoms with van der Waals surface area (Å²) in [5.74, 6) is 0. The van der Waals surface area contributed by atoms with E-state index in [-0.39, 0.29) is 0 Å². The van der Waals surface area contributed by atoms with E-state index in [0.717, 1.165) is 36.8 Å². The first-order chi connectivity index (χ1) is 7.78. The van der Waals surface area contributed by atoms with Crippen LogP contribution in [0.2, 0.25) is 0 Å². The Balaban J connectivity index is 2.12. The zero-order chi connectivity index (χ0) is 11.5. The number of thiazole rings is 1. The summed E-state index contributed by atoms with van der Waals surface area (Å²) >= 11 is 1.73. The lowest BCUT2D eigenvalue weighted by atomic mass is 10.3. The van der Waals surface area contributed by atoms with E-state index in [0.29, 0.717) is 12.6 Å². The number of ether oxygens (including phenoxy) is 1. The molecule has 0 aromatic carbocycles. The highest BCUT2D eigenvalue weighted by atomic mass is 32.1. The van der Waals surface area contributed by atoms with Crippen LogP contribution in [0.15, 0.2) is 0 Å². The highest BCUT2D eigenvalue weighted by molar-refractivity contribution is 7.15. The maximum absolute atomic E-state index is 5.72. The van der Waals surface area contributed by atoms with Crippen molar-refractivity contribution in [2.45, 2.75) is 32.4 Å². The van der Waals surface area contributed by atoms with Crippen molar-refractivity contribution in [2.24, 2.45) is 5.73 Å². The van der Waals surface area contributed by atoms with Gasteiger partial charge in [-0.3, -0.25) is 0 Å². The third-order valence-corrected chi connectivity index (χ3v) is 4.22. The minimum absolute atomic E-state index is 0.357. The van der Waals surface area contributed by atoms with Crippen molar-refractivity contribution in [3.8, 4) is 0 Å². The van der Waals surface area contributed by atoms with E-state index in [9.17, 15) is 0 Å². The zero-order valence-electron chi connectivity index (χ0n) is 9.90. The van der Waals surface area contributed by atoms with Gasteiger partial charge in [-0.25, -0.2) is 4.98 Å². The number of aryl methyl sites for hydroxylation is 1. The quantitative estimate of drug-likeness (QED) is 0.865. The average Bonchev–Trinajstić information content (AvgIpc) is 2.94. The van der Waals surface area contributed by atoms with Crippen LogP contribution in [0.25, 0.3) is 0 Å². The zero-order valence-corrected chi connectivity index (χ0v) is 10.7. The summed E-state index contributed by atoms with van der Waals surface area (Å²) < 4.78 is 5.36. The molecule has 16 heavy (non-hydrogen) atoms. The Kier molecular flexibility index (Phi) is 3.78. The molecule has 2 heterocycles. The van der Waals surface area contributed by atoms with E-state index >= 15 is 0 Å². The number of rotatable bonds is 4. The number of nitrogens with two attached hydrogens (primary N) is 1. The lowest BCUT2D eigenvalue weighted by Crippen LogP contribution is -2.21. The maximum Gasteiger partial charge on any atom is 0.185 e. The van der Waals surface area contributed by atoms with Crippen molar-refractivity contribution in [1.82, 2.24) is 4.98 Å². The summed E-state index contributed by atoms with van der Waals surface area (Å²) in [5.41, 5.74) is 6.87. The van der Waals surface area contributed by atoms with Crippen molar-refractivity contribution in [1.29, 1.82) is 0 Å². The van der Waals surface area contributed by atoms with Crippen molar-refractivity contribution >= 4 is 16.5 Å². The Labute approximate surface area is 100 Å². The summed E-state index contributed by atoms with van der Waals surface area (Å²) in [6.45, 7) is 4.72. The predicted molar refractivity (Wildman–Crippen MR) is 67.0 cm³/mol. The molecule has 1 saturated heterocycles. The molecule has 1 aliphatic heterocycles. The molecular formula is C11H19N3OS. The van der Waals surface area contributed by atoms with Gasteiger partial charge in [0.05, 0.1) is 11.8 Å². The van der Waals surface area contributed by atoms with Crippen LogP contribution >= 0.6 is 11.3 Å². The van der Waals surface area contributed by atoms with Crippen LogP contribution < -0.4 is 10.6 Å². The standard InChI is InChI=1S/C11H19N3OS/c1-3-9-10(6-12)16-11(13-9)14-5-4-8(7-14)15-2/h8H,3-7,12H2,1-2H3. The predicted octanol–water partition coefficient (Wildman–Crippen LogP) is 1.39. The summed E-state index contributed by atoms with van der Waals surface area (Å²) in [6.07, 6.45) is 2.41. The molecule has 90 valence electrons. The summed E-state index contributed by atoms with van der Waals surface area (Å²) in [7, 11) is 1.78. The van der Waals surface area contributed by atoms with Crippen LogP contribution in [0.1, 0.15) is 23.9 Å². The molecule has 1 aliphatic rings. The molecule has 4 nitrogen and oxygen atoms in total. The molecule has 0 aliphatic carbocycles. The third-order valence-electron chi connectivity index (χ3n) is 3.04. The minimum Gasteiger partial charge on any atom is -0.380 e. The molecule has 1 unspecified atom stereocenters. The molecule has 0 spiro atoms. The van der Waals surface area contributed by atoms with Gasteiger partial charge in [-0.15, -0.1) is 11.3 Å². The molecule has 2 rings (SSSR count). The van der Waals surface area contributed by atoms with Crippen LogP contribution in [0.5, 0.6) is 0 Å². The smallest absolute Gasteiger partial charge is 0.185 e. The fraction of sp³-hybridized carbons (Fsp3) is 0.727. The average molecular weight is 241 g/mol. The molecule has 2 N–H and O–H groups in total. The van der Waals surface area contributed by atoms with Gasteiger partial charge >= 0.3 is 0 Å². The highest BCUT2D eigenvalue weighted by Crippen LogP contribution is 2.29. The van der Waals surface area contributed by atoms with Gasteiger partial charge in [0, 0.05) is 31.6 Å². The lowest BCUT2D eigenvalue weighted by molar-refractivity contribution is 0.121. The molecule has 1 atom stereocenters. The SMILES string of the molecule is CCc1nc(N2CCC(OC)C2)sc1CN. The molecule has 0 radical (unpaired) electrons. The van der Waals surface area contributed by atoms with Gasteiger partial charge in [-0.05, 0) is 12.8 Å². The van der Waals surface area contributed by atoms with Crippen molar-refractivity contribution in [2.75, 3.05) is 25.1 Å². The maximum atomic E-state index is 5.72. The van der Waals surface area contributed by atoms with E-state index in [1.807, 2.05) is 0 Å². The molecule has 5 heteroatoms. The fourth-order valence-electron chi connectivity index (χ4n) is 2.04. The Hall–Kier alpha value is -0.650. The molecule has 1 aromatic rings. The van der Waals surface area contributed by atoms with Crippen LogP contribution in [0.3, 0.4) is 0 Å². The summed E-state index contributed by atoms with van der Waals surface area (Å²) in [5, 5.41) is 1.11. The number of aromatic nitrogens is 1.